The maximum Gasteiger partial charge on any atom is 0.146 e. The third kappa shape index (κ3) is 6.62. The second-order valence-electron chi connectivity index (χ2n) is 4.64. The van der Waals surface area contributed by atoms with Gasteiger partial charge in [0, 0.05) is 0 Å². The molecule has 3 nitrogen and oxygen atoms in total. The minimum Gasteiger partial charge on any atom is -0.491 e. The number of ether oxygens (including phenoxy) is 3. The standard InChI is InChI=1S/C15H24O3/c1-4-14-5-7-15(8-6-14)18-10-9-16-12-17-11-13(2)3/h5-8,13H,4,9-12H2,1-3H3. The first-order valence-electron chi connectivity index (χ1n) is 6.59. The molecule has 0 N–H and O–H groups in total. The largest absolute Gasteiger partial charge is 0.491 e. The summed E-state index contributed by atoms with van der Waals surface area (Å²) in [5, 5.41) is 0. The molecule has 0 aromatic heterocycles. The molecule has 0 heterocycles. The van der Waals surface area contributed by atoms with Crippen molar-refractivity contribution in [3.05, 3.63) is 29.8 Å². The first-order chi connectivity index (χ1) is 8.72. The molecule has 3 heteroatoms. The van der Waals surface area contributed by atoms with E-state index in [0.29, 0.717) is 25.9 Å². The monoisotopic (exact) mass is 252 g/mol. The summed E-state index contributed by atoms with van der Waals surface area (Å²) in [6.45, 7) is 8.55. The highest BCUT2D eigenvalue weighted by Crippen LogP contribution is 2.12. The third-order valence-corrected chi connectivity index (χ3v) is 2.45. The molecule has 1 aromatic carbocycles. The van der Waals surface area contributed by atoms with Crippen molar-refractivity contribution in [3.8, 4) is 5.75 Å². The second kappa shape index (κ2) is 8.95. The zero-order valence-electron chi connectivity index (χ0n) is 11.6. The minimum atomic E-state index is 0.344. The molecule has 0 atom stereocenters. The van der Waals surface area contributed by atoms with E-state index in [1.165, 1.54) is 5.56 Å². The summed E-state index contributed by atoms with van der Waals surface area (Å²) >= 11 is 0. The molecule has 1 aromatic rings. The van der Waals surface area contributed by atoms with E-state index in [0.717, 1.165) is 18.8 Å². The van der Waals surface area contributed by atoms with Gasteiger partial charge in [0.2, 0.25) is 0 Å². The molecule has 102 valence electrons. The Bertz CT molecular complexity index is 306. The van der Waals surface area contributed by atoms with E-state index in [4.69, 9.17) is 14.2 Å². The van der Waals surface area contributed by atoms with E-state index in [9.17, 15) is 0 Å². The predicted octanol–water partition coefficient (Wildman–Crippen LogP) is 3.27. The van der Waals surface area contributed by atoms with Crippen molar-refractivity contribution in [1.82, 2.24) is 0 Å². The van der Waals surface area contributed by atoms with Crippen LogP contribution in [-0.4, -0.2) is 26.6 Å². The summed E-state index contributed by atoms with van der Waals surface area (Å²) < 4.78 is 16.2. The second-order valence-corrected chi connectivity index (χ2v) is 4.64. The van der Waals surface area contributed by atoms with Crippen molar-refractivity contribution in [1.29, 1.82) is 0 Å². The SMILES string of the molecule is CCc1ccc(OCCOCOCC(C)C)cc1. The Labute approximate surface area is 110 Å². The Balaban J connectivity index is 2.03. The van der Waals surface area contributed by atoms with Gasteiger partial charge in [-0.15, -0.1) is 0 Å². The van der Waals surface area contributed by atoms with Gasteiger partial charge in [-0.25, -0.2) is 0 Å². The van der Waals surface area contributed by atoms with Crippen LogP contribution in [-0.2, 0) is 15.9 Å². The van der Waals surface area contributed by atoms with Crippen LogP contribution in [0.25, 0.3) is 0 Å². The highest BCUT2D eigenvalue weighted by atomic mass is 16.7. The van der Waals surface area contributed by atoms with Crippen molar-refractivity contribution in [2.45, 2.75) is 27.2 Å². The molecule has 0 aliphatic rings. The molecule has 0 saturated heterocycles. The van der Waals surface area contributed by atoms with Gasteiger partial charge in [0.25, 0.3) is 0 Å². The van der Waals surface area contributed by atoms with Crippen LogP contribution in [0.5, 0.6) is 5.75 Å². The van der Waals surface area contributed by atoms with Gasteiger partial charge in [-0.1, -0.05) is 32.9 Å². The summed E-state index contributed by atoms with van der Waals surface area (Å²) in [4.78, 5) is 0. The molecule has 0 amide bonds. The third-order valence-electron chi connectivity index (χ3n) is 2.45. The number of rotatable bonds is 9. The fraction of sp³-hybridized carbons (Fsp3) is 0.600. The Hall–Kier alpha value is -1.06. The van der Waals surface area contributed by atoms with E-state index in [2.05, 4.69) is 32.9 Å². The molecular formula is C15H24O3. The van der Waals surface area contributed by atoms with Gasteiger partial charge in [0.1, 0.15) is 19.1 Å². The molecule has 0 aliphatic carbocycles. The quantitative estimate of drug-likeness (QED) is 0.498. The fourth-order valence-corrected chi connectivity index (χ4v) is 1.44. The lowest BCUT2D eigenvalue weighted by atomic mass is 10.2. The molecule has 0 saturated carbocycles. The maximum atomic E-state index is 5.55. The van der Waals surface area contributed by atoms with Crippen LogP contribution in [0.3, 0.4) is 0 Å². The van der Waals surface area contributed by atoms with Crippen LogP contribution in [0, 0.1) is 5.92 Å². The van der Waals surface area contributed by atoms with Gasteiger partial charge < -0.3 is 14.2 Å². The lowest BCUT2D eigenvalue weighted by molar-refractivity contribution is -0.0674. The van der Waals surface area contributed by atoms with Gasteiger partial charge >= 0.3 is 0 Å². The van der Waals surface area contributed by atoms with Gasteiger partial charge in [0.15, 0.2) is 0 Å². The molecule has 0 bridgehead atoms. The van der Waals surface area contributed by atoms with Gasteiger partial charge in [-0.2, -0.15) is 0 Å². The van der Waals surface area contributed by atoms with E-state index in [-0.39, 0.29) is 0 Å². The molecule has 0 aliphatic heterocycles. The van der Waals surface area contributed by atoms with Crippen LogP contribution in [0.4, 0.5) is 0 Å². The average molecular weight is 252 g/mol. The molecule has 18 heavy (non-hydrogen) atoms. The number of hydrogen-bond donors (Lipinski definition) is 0. The Morgan fingerprint density at radius 3 is 2.33 bits per heavy atom. The highest BCUT2D eigenvalue weighted by molar-refractivity contribution is 5.27. The van der Waals surface area contributed by atoms with Crippen molar-refractivity contribution in [2.75, 3.05) is 26.6 Å². The van der Waals surface area contributed by atoms with Crippen LogP contribution >= 0.6 is 0 Å². The van der Waals surface area contributed by atoms with E-state index in [1.54, 1.807) is 0 Å². The van der Waals surface area contributed by atoms with Crippen LogP contribution < -0.4 is 4.74 Å². The number of hydrogen-bond acceptors (Lipinski definition) is 3. The average Bonchev–Trinajstić information content (AvgIpc) is 2.38. The first-order valence-corrected chi connectivity index (χ1v) is 6.59. The summed E-state index contributed by atoms with van der Waals surface area (Å²) in [5.41, 5.74) is 1.32. The molecule has 0 unspecified atom stereocenters. The van der Waals surface area contributed by atoms with Crippen molar-refractivity contribution in [3.63, 3.8) is 0 Å². The zero-order chi connectivity index (χ0) is 13.2. The normalized spacial score (nSPS) is 10.9. The van der Waals surface area contributed by atoms with Crippen molar-refractivity contribution in [2.24, 2.45) is 5.92 Å². The molecule has 0 spiro atoms. The van der Waals surface area contributed by atoms with E-state index in [1.807, 2.05) is 12.1 Å². The minimum absolute atomic E-state index is 0.344. The van der Waals surface area contributed by atoms with Gasteiger partial charge in [-0.05, 0) is 30.0 Å². The Morgan fingerprint density at radius 1 is 1.00 bits per heavy atom. The fourth-order valence-electron chi connectivity index (χ4n) is 1.44. The summed E-state index contributed by atoms with van der Waals surface area (Å²) in [6.07, 6.45) is 1.05. The lowest BCUT2D eigenvalue weighted by Gasteiger charge is -2.09. The molecular weight excluding hydrogens is 228 g/mol. The van der Waals surface area contributed by atoms with Crippen LogP contribution in [0.1, 0.15) is 26.3 Å². The summed E-state index contributed by atoms with van der Waals surface area (Å²) in [5.74, 6) is 1.43. The Morgan fingerprint density at radius 2 is 1.72 bits per heavy atom. The summed E-state index contributed by atoms with van der Waals surface area (Å²) in [7, 11) is 0. The summed E-state index contributed by atoms with van der Waals surface area (Å²) in [6, 6.07) is 8.16. The van der Waals surface area contributed by atoms with E-state index < -0.39 is 0 Å². The molecule has 0 radical (unpaired) electrons. The number of benzene rings is 1. The predicted molar refractivity (Wildman–Crippen MR) is 72.9 cm³/mol. The van der Waals surface area contributed by atoms with Gasteiger partial charge in [0.05, 0.1) is 13.2 Å². The molecule has 0 fully saturated rings. The smallest absolute Gasteiger partial charge is 0.146 e. The van der Waals surface area contributed by atoms with E-state index >= 15 is 0 Å². The first kappa shape index (κ1) is 15.0. The van der Waals surface area contributed by atoms with Crippen molar-refractivity contribution >= 4 is 0 Å². The van der Waals surface area contributed by atoms with Crippen molar-refractivity contribution < 1.29 is 14.2 Å². The van der Waals surface area contributed by atoms with Crippen LogP contribution in [0.2, 0.25) is 0 Å². The zero-order valence-corrected chi connectivity index (χ0v) is 11.6. The van der Waals surface area contributed by atoms with Gasteiger partial charge in [-0.3, -0.25) is 0 Å². The highest BCUT2D eigenvalue weighted by Gasteiger charge is 1.96. The Kier molecular flexibility index (Phi) is 7.46. The maximum absolute atomic E-state index is 5.55. The lowest BCUT2D eigenvalue weighted by Crippen LogP contribution is -2.11. The molecule has 1 rings (SSSR count). The number of aryl methyl sites for hydroxylation is 1. The topological polar surface area (TPSA) is 27.7 Å². The van der Waals surface area contributed by atoms with Crippen LogP contribution in [0.15, 0.2) is 24.3 Å².